The summed E-state index contributed by atoms with van der Waals surface area (Å²) in [6, 6.07) is 26.3. The molecule has 0 saturated carbocycles. The molecule has 5 aromatic rings. The first-order valence-electron chi connectivity index (χ1n) is 13.4. The van der Waals surface area contributed by atoms with E-state index in [1.54, 1.807) is 24.3 Å². The van der Waals surface area contributed by atoms with E-state index < -0.39 is 0 Å². The Balaban J connectivity index is 1.19. The number of hydrogen-bond donors (Lipinski definition) is 3. The second kappa shape index (κ2) is 14.4. The summed E-state index contributed by atoms with van der Waals surface area (Å²) in [4.78, 5) is 29.9. The van der Waals surface area contributed by atoms with Gasteiger partial charge in [-0.15, -0.1) is 11.3 Å². The predicted molar refractivity (Wildman–Crippen MR) is 184 cm³/mol. The van der Waals surface area contributed by atoms with Crippen LogP contribution in [0.15, 0.2) is 104 Å². The molecule has 0 atom stereocenters. The number of nitrogens with zero attached hydrogens (tertiary/aromatic N) is 2. The van der Waals surface area contributed by atoms with E-state index in [9.17, 15) is 9.59 Å². The SMILES string of the molecule is Cc1ccc(NC(=O)COc2c(Br)cc(Br)cc2/C=N/NC(=O)c2ccc(-c3csc(Nc4ccc(C)cc4)n3)cc2)cc1. The highest BCUT2D eigenvalue weighted by Gasteiger charge is 2.13. The quantitative estimate of drug-likeness (QED) is 0.0987. The number of anilines is 3. The van der Waals surface area contributed by atoms with Crippen LogP contribution in [0.3, 0.4) is 0 Å². The van der Waals surface area contributed by atoms with Gasteiger partial charge in [-0.05, 0) is 78.3 Å². The van der Waals surface area contributed by atoms with Crippen molar-refractivity contribution in [2.24, 2.45) is 5.10 Å². The first-order valence-corrected chi connectivity index (χ1v) is 15.9. The average Bonchev–Trinajstić information content (AvgIpc) is 3.47. The number of rotatable bonds is 10. The van der Waals surface area contributed by atoms with Crippen molar-refractivity contribution in [1.82, 2.24) is 10.4 Å². The molecule has 1 aromatic heterocycles. The number of nitrogens with one attached hydrogen (secondary N) is 3. The summed E-state index contributed by atoms with van der Waals surface area (Å²) in [5.41, 5.74) is 9.21. The Labute approximate surface area is 275 Å². The molecule has 222 valence electrons. The van der Waals surface area contributed by atoms with E-state index in [1.807, 2.05) is 79.9 Å². The molecule has 0 aliphatic heterocycles. The van der Waals surface area contributed by atoms with Crippen molar-refractivity contribution >= 4 is 77.7 Å². The summed E-state index contributed by atoms with van der Waals surface area (Å²) in [5, 5.41) is 13.0. The largest absolute Gasteiger partial charge is 0.482 e. The maximum absolute atomic E-state index is 12.8. The van der Waals surface area contributed by atoms with Crippen molar-refractivity contribution in [3.63, 3.8) is 0 Å². The van der Waals surface area contributed by atoms with Crippen LogP contribution >= 0.6 is 43.2 Å². The van der Waals surface area contributed by atoms with Gasteiger partial charge >= 0.3 is 0 Å². The molecule has 0 spiro atoms. The lowest BCUT2D eigenvalue weighted by Crippen LogP contribution is -2.21. The molecule has 0 bridgehead atoms. The summed E-state index contributed by atoms with van der Waals surface area (Å²) in [6.07, 6.45) is 1.47. The summed E-state index contributed by atoms with van der Waals surface area (Å²) in [6.45, 7) is 3.81. The lowest BCUT2D eigenvalue weighted by atomic mass is 10.1. The van der Waals surface area contributed by atoms with Crippen molar-refractivity contribution < 1.29 is 14.3 Å². The van der Waals surface area contributed by atoms with E-state index in [2.05, 4.69) is 58.0 Å². The first-order chi connectivity index (χ1) is 21.2. The van der Waals surface area contributed by atoms with Crippen LogP contribution in [0.4, 0.5) is 16.5 Å². The monoisotopic (exact) mass is 731 g/mol. The fourth-order valence-electron chi connectivity index (χ4n) is 4.04. The molecule has 8 nitrogen and oxygen atoms in total. The van der Waals surface area contributed by atoms with Crippen LogP contribution in [0, 0.1) is 13.8 Å². The second-order valence-electron chi connectivity index (χ2n) is 9.81. The van der Waals surface area contributed by atoms with Crippen LogP contribution in [0.25, 0.3) is 11.3 Å². The van der Waals surface area contributed by atoms with Gasteiger partial charge in [0.05, 0.1) is 16.4 Å². The summed E-state index contributed by atoms with van der Waals surface area (Å²) in [7, 11) is 0. The summed E-state index contributed by atoms with van der Waals surface area (Å²) in [5.74, 6) is -0.268. The number of benzene rings is 4. The average molecular weight is 733 g/mol. The third kappa shape index (κ3) is 8.40. The molecule has 0 radical (unpaired) electrons. The molecule has 3 N–H and O–H groups in total. The van der Waals surface area contributed by atoms with Crippen LogP contribution < -0.4 is 20.8 Å². The Morgan fingerprint density at radius 2 is 1.57 bits per heavy atom. The van der Waals surface area contributed by atoms with Gasteiger partial charge < -0.3 is 15.4 Å². The van der Waals surface area contributed by atoms with Gasteiger partial charge in [0.1, 0.15) is 5.75 Å². The minimum atomic E-state index is -0.373. The Hall–Kier alpha value is -4.32. The van der Waals surface area contributed by atoms with Crippen molar-refractivity contribution in [3.8, 4) is 17.0 Å². The fourth-order valence-corrected chi connectivity index (χ4v) is 6.15. The zero-order valence-electron chi connectivity index (χ0n) is 23.7. The highest BCUT2D eigenvalue weighted by molar-refractivity contribution is 9.11. The zero-order valence-corrected chi connectivity index (χ0v) is 27.7. The molecular weight excluding hydrogens is 706 g/mol. The van der Waals surface area contributed by atoms with Gasteiger partial charge in [-0.1, -0.05) is 63.5 Å². The highest BCUT2D eigenvalue weighted by Crippen LogP contribution is 2.32. The predicted octanol–water partition coefficient (Wildman–Crippen LogP) is 8.48. The third-order valence-corrected chi connectivity index (χ3v) is 8.14. The maximum Gasteiger partial charge on any atom is 0.271 e. The molecular formula is C33H27Br2N5O3S. The Kier molecular flexibility index (Phi) is 10.2. The molecule has 1 heterocycles. The van der Waals surface area contributed by atoms with E-state index in [0.29, 0.717) is 27.0 Å². The van der Waals surface area contributed by atoms with Crippen molar-refractivity contribution in [3.05, 3.63) is 122 Å². The molecule has 4 aromatic carbocycles. The molecule has 0 unspecified atom stereocenters. The van der Waals surface area contributed by atoms with Gasteiger partial charge in [0.25, 0.3) is 11.8 Å². The molecule has 0 aliphatic carbocycles. The number of carbonyl (C=O) groups is 2. The number of carbonyl (C=O) groups excluding carboxylic acids is 2. The number of hydrogen-bond acceptors (Lipinski definition) is 7. The van der Waals surface area contributed by atoms with Crippen LogP contribution in [0.1, 0.15) is 27.0 Å². The van der Waals surface area contributed by atoms with Gasteiger partial charge in [-0.2, -0.15) is 5.10 Å². The van der Waals surface area contributed by atoms with Gasteiger partial charge in [-0.25, -0.2) is 10.4 Å². The van der Waals surface area contributed by atoms with E-state index in [-0.39, 0.29) is 18.4 Å². The Morgan fingerprint density at radius 3 is 2.25 bits per heavy atom. The van der Waals surface area contributed by atoms with Crippen LogP contribution in [0.2, 0.25) is 0 Å². The molecule has 2 amide bonds. The standard InChI is InChI=1S/C33H27Br2N5O3S/c1-20-3-11-26(12-4-20)37-30(41)18-43-31-24(15-25(34)16-28(31)35)17-36-40-32(42)23-9-7-22(8-10-23)29-19-44-33(39-29)38-27-13-5-21(2)6-14-27/h3-17,19H,18H2,1-2H3,(H,37,41)(H,38,39)(H,40,42)/b36-17+. The van der Waals surface area contributed by atoms with Crippen LogP contribution in [-0.2, 0) is 4.79 Å². The lowest BCUT2D eigenvalue weighted by molar-refractivity contribution is -0.118. The number of amides is 2. The molecule has 11 heteroatoms. The van der Waals surface area contributed by atoms with E-state index in [4.69, 9.17) is 4.74 Å². The maximum atomic E-state index is 12.8. The summed E-state index contributed by atoms with van der Waals surface area (Å²) >= 11 is 8.45. The van der Waals surface area contributed by atoms with E-state index >= 15 is 0 Å². The lowest BCUT2D eigenvalue weighted by Gasteiger charge is -2.12. The van der Waals surface area contributed by atoms with Crippen LogP contribution in [-0.4, -0.2) is 29.6 Å². The molecule has 5 rings (SSSR count). The fraction of sp³-hybridized carbons (Fsp3) is 0.0909. The second-order valence-corrected chi connectivity index (χ2v) is 12.4. The third-order valence-electron chi connectivity index (χ3n) is 6.34. The van der Waals surface area contributed by atoms with E-state index in [0.717, 1.165) is 32.1 Å². The number of halogens is 2. The first kappa shape index (κ1) is 31.1. The molecule has 0 fully saturated rings. The smallest absolute Gasteiger partial charge is 0.271 e. The zero-order chi connectivity index (χ0) is 31.1. The highest BCUT2D eigenvalue weighted by atomic mass is 79.9. The normalized spacial score (nSPS) is 10.9. The molecule has 0 aliphatic rings. The number of hydrazone groups is 1. The van der Waals surface area contributed by atoms with E-state index in [1.165, 1.54) is 23.1 Å². The van der Waals surface area contributed by atoms with Crippen LogP contribution in [0.5, 0.6) is 5.75 Å². The van der Waals surface area contributed by atoms with Crippen molar-refractivity contribution in [2.45, 2.75) is 13.8 Å². The van der Waals surface area contributed by atoms with Gasteiger partial charge in [-0.3, -0.25) is 9.59 Å². The topological polar surface area (TPSA) is 105 Å². The van der Waals surface area contributed by atoms with Gasteiger partial charge in [0, 0.05) is 37.9 Å². The summed E-state index contributed by atoms with van der Waals surface area (Å²) < 4.78 is 7.21. The van der Waals surface area contributed by atoms with Gasteiger partial charge in [0.15, 0.2) is 11.7 Å². The number of aryl methyl sites for hydroxylation is 2. The molecule has 44 heavy (non-hydrogen) atoms. The number of thiazole rings is 1. The molecule has 0 saturated heterocycles. The Bertz CT molecular complexity index is 1810. The minimum absolute atomic E-state index is 0.212. The number of ether oxygens (including phenoxy) is 1. The minimum Gasteiger partial charge on any atom is -0.482 e. The van der Waals surface area contributed by atoms with Gasteiger partial charge in [0.2, 0.25) is 0 Å². The number of aromatic nitrogens is 1. The van der Waals surface area contributed by atoms with Crippen molar-refractivity contribution in [1.29, 1.82) is 0 Å². The van der Waals surface area contributed by atoms with Crippen molar-refractivity contribution in [2.75, 3.05) is 17.2 Å². The Morgan fingerprint density at radius 1 is 0.909 bits per heavy atom.